The van der Waals surface area contributed by atoms with E-state index in [-0.39, 0.29) is 24.8 Å². The third-order valence-corrected chi connectivity index (χ3v) is 5.57. The van der Waals surface area contributed by atoms with Crippen LogP contribution < -0.4 is 14.8 Å². The Hall–Kier alpha value is -2.44. The van der Waals surface area contributed by atoms with Crippen LogP contribution in [0.3, 0.4) is 0 Å². The Labute approximate surface area is 187 Å². The molecule has 2 amide bonds. The van der Waals surface area contributed by atoms with Crippen molar-refractivity contribution in [3.8, 4) is 11.5 Å². The first-order chi connectivity index (χ1) is 14.3. The van der Waals surface area contributed by atoms with E-state index in [0.29, 0.717) is 28.0 Å². The van der Waals surface area contributed by atoms with Crippen molar-refractivity contribution in [2.75, 3.05) is 21.3 Å². The van der Waals surface area contributed by atoms with Gasteiger partial charge >= 0.3 is 0 Å². The number of methoxy groups -OCH3 is 2. The van der Waals surface area contributed by atoms with E-state index in [1.807, 2.05) is 12.1 Å². The molecule has 162 valence electrons. The largest absolute Gasteiger partial charge is 0.493 e. The van der Waals surface area contributed by atoms with Crippen molar-refractivity contribution in [3.63, 3.8) is 0 Å². The molecule has 0 radical (unpaired) electrons. The Kier molecular flexibility index (Phi) is 8.81. The van der Waals surface area contributed by atoms with Crippen LogP contribution >= 0.6 is 23.2 Å². The first-order valence-electron chi connectivity index (χ1n) is 9.46. The van der Waals surface area contributed by atoms with E-state index in [4.69, 9.17) is 32.7 Å². The predicted molar refractivity (Wildman–Crippen MR) is 118 cm³/mol. The van der Waals surface area contributed by atoms with Gasteiger partial charge in [-0.15, -0.1) is 0 Å². The van der Waals surface area contributed by atoms with Crippen LogP contribution in [-0.4, -0.2) is 44.0 Å². The maximum absolute atomic E-state index is 13.0. The molecule has 0 fully saturated rings. The summed E-state index contributed by atoms with van der Waals surface area (Å²) in [4.78, 5) is 26.8. The SMILES string of the molecule is CNC(=O)C(C)N(Cc1ccc(Cl)c(Cl)c1)C(=O)CCc1ccc(OC)c(OC)c1. The summed E-state index contributed by atoms with van der Waals surface area (Å²) >= 11 is 12.1. The van der Waals surface area contributed by atoms with E-state index in [9.17, 15) is 9.59 Å². The quantitative estimate of drug-likeness (QED) is 0.621. The van der Waals surface area contributed by atoms with E-state index in [1.54, 1.807) is 57.4 Å². The van der Waals surface area contributed by atoms with Crippen molar-refractivity contribution in [2.24, 2.45) is 0 Å². The second-order valence-electron chi connectivity index (χ2n) is 6.75. The average Bonchev–Trinajstić information content (AvgIpc) is 2.76. The van der Waals surface area contributed by atoms with Crippen molar-refractivity contribution in [3.05, 3.63) is 57.6 Å². The number of hydrogen-bond acceptors (Lipinski definition) is 4. The summed E-state index contributed by atoms with van der Waals surface area (Å²) < 4.78 is 10.6. The molecule has 0 aromatic heterocycles. The number of hydrogen-bond donors (Lipinski definition) is 1. The van der Waals surface area contributed by atoms with Crippen LogP contribution in [0.2, 0.25) is 10.0 Å². The van der Waals surface area contributed by atoms with Crippen LogP contribution in [-0.2, 0) is 22.6 Å². The lowest BCUT2D eigenvalue weighted by Gasteiger charge is -2.28. The summed E-state index contributed by atoms with van der Waals surface area (Å²) in [6.45, 7) is 1.95. The fourth-order valence-electron chi connectivity index (χ4n) is 3.06. The second-order valence-corrected chi connectivity index (χ2v) is 7.56. The third-order valence-electron chi connectivity index (χ3n) is 4.83. The molecule has 30 heavy (non-hydrogen) atoms. The Morgan fingerprint density at radius 3 is 2.27 bits per heavy atom. The van der Waals surface area contributed by atoms with Crippen LogP contribution in [0.4, 0.5) is 0 Å². The highest BCUT2D eigenvalue weighted by Crippen LogP contribution is 2.28. The zero-order valence-corrected chi connectivity index (χ0v) is 19.0. The molecule has 0 aliphatic heterocycles. The number of benzene rings is 2. The normalized spacial score (nSPS) is 11.5. The van der Waals surface area contributed by atoms with Crippen LogP contribution in [0, 0.1) is 0 Å². The van der Waals surface area contributed by atoms with Gasteiger partial charge in [-0.25, -0.2) is 0 Å². The van der Waals surface area contributed by atoms with E-state index in [2.05, 4.69) is 5.32 Å². The number of aryl methyl sites for hydroxylation is 1. The van der Waals surface area contributed by atoms with Crippen molar-refractivity contribution in [1.29, 1.82) is 0 Å². The lowest BCUT2D eigenvalue weighted by atomic mass is 10.1. The van der Waals surface area contributed by atoms with Gasteiger partial charge in [0.2, 0.25) is 11.8 Å². The number of amides is 2. The van der Waals surface area contributed by atoms with Gasteiger partial charge in [0.05, 0.1) is 24.3 Å². The molecule has 0 saturated carbocycles. The minimum absolute atomic E-state index is 0.146. The lowest BCUT2D eigenvalue weighted by molar-refractivity contribution is -0.140. The smallest absolute Gasteiger partial charge is 0.242 e. The van der Waals surface area contributed by atoms with Crippen LogP contribution in [0.5, 0.6) is 11.5 Å². The van der Waals surface area contributed by atoms with Gasteiger partial charge in [0.15, 0.2) is 11.5 Å². The lowest BCUT2D eigenvalue weighted by Crippen LogP contribution is -2.46. The van der Waals surface area contributed by atoms with Gasteiger partial charge < -0.3 is 19.7 Å². The number of rotatable bonds is 9. The molecular formula is C22H26Cl2N2O4. The molecule has 2 rings (SSSR count). The van der Waals surface area contributed by atoms with Crippen molar-refractivity contribution < 1.29 is 19.1 Å². The highest BCUT2D eigenvalue weighted by Gasteiger charge is 2.25. The molecule has 2 aromatic carbocycles. The number of likely N-dealkylation sites (N-methyl/N-ethyl adjacent to an activating group) is 1. The van der Waals surface area contributed by atoms with E-state index < -0.39 is 6.04 Å². The van der Waals surface area contributed by atoms with Gasteiger partial charge in [0.25, 0.3) is 0 Å². The highest BCUT2D eigenvalue weighted by molar-refractivity contribution is 6.42. The van der Waals surface area contributed by atoms with Crippen molar-refractivity contribution >= 4 is 35.0 Å². The van der Waals surface area contributed by atoms with E-state index in [0.717, 1.165) is 11.1 Å². The Balaban J connectivity index is 2.17. The Morgan fingerprint density at radius 1 is 1.00 bits per heavy atom. The minimum atomic E-state index is -0.637. The monoisotopic (exact) mass is 452 g/mol. The van der Waals surface area contributed by atoms with Crippen LogP contribution in [0.1, 0.15) is 24.5 Å². The first-order valence-corrected chi connectivity index (χ1v) is 10.2. The molecule has 2 aromatic rings. The third kappa shape index (κ3) is 6.03. The Morgan fingerprint density at radius 2 is 1.67 bits per heavy atom. The van der Waals surface area contributed by atoms with Gasteiger partial charge in [-0.05, 0) is 48.7 Å². The Bertz CT molecular complexity index is 905. The summed E-state index contributed by atoms with van der Waals surface area (Å²) in [6.07, 6.45) is 0.732. The number of carbonyl (C=O) groups excluding carboxylic acids is 2. The number of ether oxygens (including phenoxy) is 2. The summed E-state index contributed by atoms with van der Waals surface area (Å²) in [6, 6.07) is 10.1. The number of carbonyl (C=O) groups is 2. The number of halogens is 2. The van der Waals surface area contributed by atoms with Gasteiger partial charge in [0.1, 0.15) is 6.04 Å². The molecule has 1 unspecified atom stereocenters. The first kappa shape index (κ1) is 23.8. The van der Waals surface area contributed by atoms with E-state index in [1.165, 1.54) is 0 Å². The fourth-order valence-corrected chi connectivity index (χ4v) is 3.38. The minimum Gasteiger partial charge on any atom is -0.493 e. The van der Waals surface area contributed by atoms with Gasteiger partial charge in [-0.3, -0.25) is 9.59 Å². The average molecular weight is 453 g/mol. The zero-order chi connectivity index (χ0) is 22.3. The van der Waals surface area contributed by atoms with Crippen molar-refractivity contribution in [1.82, 2.24) is 10.2 Å². The summed E-state index contributed by atoms with van der Waals surface area (Å²) in [5.41, 5.74) is 1.72. The zero-order valence-electron chi connectivity index (χ0n) is 17.5. The molecule has 0 bridgehead atoms. The maximum Gasteiger partial charge on any atom is 0.242 e. The molecule has 8 heteroatoms. The molecule has 1 N–H and O–H groups in total. The summed E-state index contributed by atoms with van der Waals surface area (Å²) in [7, 11) is 4.68. The molecule has 0 aliphatic rings. The number of nitrogens with one attached hydrogen (secondary N) is 1. The molecule has 0 saturated heterocycles. The van der Waals surface area contributed by atoms with E-state index >= 15 is 0 Å². The van der Waals surface area contributed by atoms with Crippen molar-refractivity contribution in [2.45, 2.75) is 32.4 Å². The molecule has 1 atom stereocenters. The molecule has 0 aliphatic carbocycles. The summed E-state index contributed by atoms with van der Waals surface area (Å²) in [5, 5.41) is 3.44. The summed E-state index contributed by atoms with van der Waals surface area (Å²) in [5.74, 6) is 0.845. The molecule has 0 spiro atoms. The predicted octanol–water partition coefficient (Wildman–Crippen LogP) is 4.11. The van der Waals surface area contributed by atoms with Crippen LogP contribution in [0.25, 0.3) is 0 Å². The number of nitrogens with zero attached hydrogens (tertiary/aromatic N) is 1. The molecule has 0 heterocycles. The van der Waals surface area contributed by atoms with Crippen LogP contribution in [0.15, 0.2) is 36.4 Å². The van der Waals surface area contributed by atoms with Gasteiger partial charge in [-0.1, -0.05) is 35.3 Å². The topological polar surface area (TPSA) is 67.9 Å². The fraction of sp³-hybridized carbons (Fsp3) is 0.364. The highest BCUT2D eigenvalue weighted by atomic mass is 35.5. The second kappa shape index (κ2) is 11.1. The molecule has 6 nitrogen and oxygen atoms in total. The van der Waals surface area contributed by atoms with Gasteiger partial charge in [0, 0.05) is 20.0 Å². The molecular weight excluding hydrogens is 427 g/mol. The maximum atomic E-state index is 13.0. The standard InChI is InChI=1S/C22H26Cl2N2O4/c1-14(22(28)25-2)26(13-16-5-8-17(23)18(24)11-16)21(27)10-7-15-6-9-19(29-3)20(12-15)30-4/h5-6,8-9,11-12,14H,7,10,13H2,1-4H3,(H,25,28). The van der Waals surface area contributed by atoms with Gasteiger partial charge in [-0.2, -0.15) is 0 Å².